The summed E-state index contributed by atoms with van der Waals surface area (Å²) >= 11 is 0. The van der Waals surface area contributed by atoms with E-state index in [1.165, 1.54) is 11.1 Å². The first-order chi connectivity index (χ1) is 8.15. The van der Waals surface area contributed by atoms with Crippen LogP contribution < -0.4 is 11.1 Å². The summed E-state index contributed by atoms with van der Waals surface area (Å²) in [5.41, 5.74) is 8.00. The van der Waals surface area contributed by atoms with Gasteiger partial charge in [0.25, 0.3) is 0 Å². The minimum absolute atomic E-state index is 0.185. The molecule has 0 fully saturated rings. The van der Waals surface area contributed by atoms with E-state index < -0.39 is 0 Å². The minimum Gasteiger partial charge on any atom is -0.368 e. The topological polar surface area (TPSA) is 63.8 Å². The van der Waals surface area contributed by atoms with Crippen molar-refractivity contribution in [2.24, 2.45) is 0 Å². The molecule has 2 rings (SSSR count). The van der Waals surface area contributed by atoms with E-state index in [1.54, 1.807) is 12.3 Å². The van der Waals surface area contributed by atoms with E-state index in [-0.39, 0.29) is 12.0 Å². The predicted molar refractivity (Wildman–Crippen MR) is 69.7 cm³/mol. The van der Waals surface area contributed by atoms with Crippen molar-refractivity contribution in [1.82, 2.24) is 9.97 Å². The van der Waals surface area contributed by atoms with Crippen molar-refractivity contribution in [3.63, 3.8) is 0 Å². The number of aryl methyl sites for hydroxylation is 1. The lowest BCUT2D eigenvalue weighted by molar-refractivity contribution is 0.872. The normalized spacial score (nSPS) is 12.1. The zero-order valence-electron chi connectivity index (χ0n) is 10.0. The van der Waals surface area contributed by atoms with Gasteiger partial charge in [-0.1, -0.05) is 29.8 Å². The minimum atomic E-state index is 0.185. The summed E-state index contributed by atoms with van der Waals surface area (Å²) in [5.74, 6) is 1.02. The summed E-state index contributed by atoms with van der Waals surface area (Å²) in [6, 6.07) is 10.4. The molecule has 0 saturated carbocycles. The first-order valence-corrected chi connectivity index (χ1v) is 5.57. The Morgan fingerprint density at radius 2 is 1.88 bits per heavy atom. The van der Waals surface area contributed by atoms with E-state index in [0.717, 1.165) is 5.82 Å². The average Bonchev–Trinajstić information content (AvgIpc) is 2.29. The molecule has 1 atom stereocenters. The highest BCUT2D eigenvalue weighted by molar-refractivity contribution is 5.40. The van der Waals surface area contributed by atoms with Gasteiger partial charge in [0.05, 0.1) is 0 Å². The van der Waals surface area contributed by atoms with Gasteiger partial charge in [-0.2, -0.15) is 4.98 Å². The fourth-order valence-electron chi connectivity index (χ4n) is 1.61. The maximum absolute atomic E-state index is 5.53. The molecule has 2 aromatic rings. The molecule has 0 aliphatic rings. The van der Waals surface area contributed by atoms with Crippen LogP contribution in [0.15, 0.2) is 36.5 Å². The van der Waals surface area contributed by atoms with Gasteiger partial charge >= 0.3 is 0 Å². The largest absolute Gasteiger partial charge is 0.368 e. The Bertz CT molecular complexity index is 493. The van der Waals surface area contributed by atoms with E-state index >= 15 is 0 Å². The van der Waals surface area contributed by atoms with Crippen molar-refractivity contribution in [3.05, 3.63) is 47.7 Å². The van der Waals surface area contributed by atoms with E-state index in [2.05, 4.69) is 53.4 Å². The summed E-state index contributed by atoms with van der Waals surface area (Å²) < 4.78 is 0. The highest BCUT2D eigenvalue weighted by Crippen LogP contribution is 2.18. The number of hydrogen-bond donors (Lipinski definition) is 2. The van der Waals surface area contributed by atoms with Crippen LogP contribution in [0, 0.1) is 6.92 Å². The second kappa shape index (κ2) is 4.82. The van der Waals surface area contributed by atoms with Gasteiger partial charge in [-0.3, -0.25) is 0 Å². The smallest absolute Gasteiger partial charge is 0.221 e. The average molecular weight is 228 g/mol. The fourth-order valence-corrected chi connectivity index (χ4v) is 1.61. The Morgan fingerprint density at radius 3 is 2.53 bits per heavy atom. The molecule has 0 radical (unpaired) electrons. The van der Waals surface area contributed by atoms with Gasteiger partial charge in [-0.25, -0.2) is 4.98 Å². The third-order valence-corrected chi connectivity index (χ3v) is 2.62. The Kier molecular flexibility index (Phi) is 3.23. The summed E-state index contributed by atoms with van der Waals surface area (Å²) in [4.78, 5) is 7.97. The highest BCUT2D eigenvalue weighted by Gasteiger charge is 2.05. The summed E-state index contributed by atoms with van der Waals surface area (Å²) in [6.07, 6.45) is 1.65. The molecule has 1 aromatic carbocycles. The Balaban J connectivity index is 2.11. The quantitative estimate of drug-likeness (QED) is 0.847. The molecule has 0 aliphatic heterocycles. The molecule has 1 unspecified atom stereocenters. The van der Waals surface area contributed by atoms with Crippen LogP contribution in [0.25, 0.3) is 0 Å². The molecular formula is C13H16N4. The number of nitrogens with two attached hydrogens (primary N) is 1. The monoisotopic (exact) mass is 228 g/mol. The molecule has 4 nitrogen and oxygen atoms in total. The lowest BCUT2D eigenvalue weighted by Gasteiger charge is -2.15. The molecule has 4 heteroatoms. The van der Waals surface area contributed by atoms with E-state index in [0.29, 0.717) is 0 Å². The number of benzene rings is 1. The van der Waals surface area contributed by atoms with Crippen LogP contribution in [-0.2, 0) is 0 Å². The van der Waals surface area contributed by atoms with Crippen LogP contribution >= 0.6 is 0 Å². The predicted octanol–water partition coefficient (Wildman–Crippen LogP) is 2.54. The molecular weight excluding hydrogens is 212 g/mol. The summed E-state index contributed by atoms with van der Waals surface area (Å²) in [7, 11) is 0. The third kappa shape index (κ3) is 2.93. The number of nitrogen functional groups attached to an aromatic ring is 1. The van der Waals surface area contributed by atoms with E-state index in [9.17, 15) is 0 Å². The lowest BCUT2D eigenvalue weighted by atomic mass is 10.1. The Labute approximate surface area is 101 Å². The molecule has 0 saturated heterocycles. The standard InChI is InChI=1S/C13H16N4/c1-9-3-5-11(6-4-9)10(2)16-12-7-8-15-13(14)17-12/h3-8,10H,1-2H3,(H3,14,15,16,17). The van der Waals surface area contributed by atoms with Gasteiger partial charge in [0.15, 0.2) is 0 Å². The van der Waals surface area contributed by atoms with Crippen LogP contribution in [0.4, 0.5) is 11.8 Å². The summed E-state index contributed by atoms with van der Waals surface area (Å²) in [5, 5.41) is 3.29. The van der Waals surface area contributed by atoms with Crippen molar-refractivity contribution in [3.8, 4) is 0 Å². The van der Waals surface area contributed by atoms with E-state index in [1.807, 2.05) is 0 Å². The Hall–Kier alpha value is -2.10. The van der Waals surface area contributed by atoms with Crippen LogP contribution in [0.3, 0.4) is 0 Å². The lowest BCUT2D eigenvalue weighted by Crippen LogP contribution is -2.09. The first-order valence-electron chi connectivity index (χ1n) is 5.57. The second-order valence-electron chi connectivity index (χ2n) is 4.08. The maximum atomic E-state index is 5.53. The SMILES string of the molecule is Cc1ccc(C(C)Nc2ccnc(N)n2)cc1. The van der Waals surface area contributed by atoms with E-state index in [4.69, 9.17) is 5.73 Å². The first kappa shape index (κ1) is 11.4. The highest BCUT2D eigenvalue weighted by atomic mass is 15.1. The number of nitrogens with one attached hydrogen (secondary N) is 1. The zero-order chi connectivity index (χ0) is 12.3. The molecule has 0 amide bonds. The number of anilines is 2. The molecule has 0 spiro atoms. The van der Waals surface area contributed by atoms with Gasteiger partial charge in [0, 0.05) is 12.2 Å². The maximum Gasteiger partial charge on any atom is 0.221 e. The molecule has 88 valence electrons. The molecule has 3 N–H and O–H groups in total. The molecule has 1 aromatic heterocycles. The van der Waals surface area contributed by atoms with Crippen molar-refractivity contribution in [1.29, 1.82) is 0 Å². The second-order valence-corrected chi connectivity index (χ2v) is 4.08. The zero-order valence-corrected chi connectivity index (χ0v) is 10.0. The van der Waals surface area contributed by atoms with Gasteiger partial charge in [-0.05, 0) is 25.5 Å². The number of aromatic nitrogens is 2. The fraction of sp³-hybridized carbons (Fsp3) is 0.231. The van der Waals surface area contributed by atoms with Gasteiger partial charge in [0.1, 0.15) is 5.82 Å². The molecule has 17 heavy (non-hydrogen) atoms. The number of rotatable bonds is 3. The third-order valence-electron chi connectivity index (χ3n) is 2.62. The molecule has 0 bridgehead atoms. The van der Waals surface area contributed by atoms with Gasteiger partial charge in [-0.15, -0.1) is 0 Å². The van der Waals surface area contributed by atoms with Gasteiger partial charge in [0.2, 0.25) is 5.95 Å². The Morgan fingerprint density at radius 1 is 1.18 bits per heavy atom. The van der Waals surface area contributed by atoms with Crippen molar-refractivity contribution in [2.45, 2.75) is 19.9 Å². The van der Waals surface area contributed by atoms with Crippen molar-refractivity contribution in [2.75, 3.05) is 11.1 Å². The summed E-state index contributed by atoms with van der Waals surface area (Å²) in [6.45, 7) is 4.16. The van der Waals surface area contributed by atoms with Crippen LogP contribution in [0.1, 0.15) is 24.1 Å². The van der Waals surface area contributed by atoms with Crippen LogP contribution in [-0.4, -0.2) is 9.97 Å². The molecule has 1 heterocycles. The van der Waals surface area contributed by atoms with Crippen LogP contribution in [0.2, 0.25) is 0 Å². The van der Waals surface area contributed by atoms with Crippen molar-refractivity contribution >= 4 is 11.8 Å². The van der Waals surface area contributed by atoms with Crippen molar-refractivity contribution < 1.29 is 0 Å². The number of hydrogen-bond acceptors (Lipinski definition) is 4. The number of nitrogens with zero attached hydrogens (tertiary/aromatic N) is 2. The van der Waals surface area contributed by atoms with Crippen LogP contribution in [0.5, 0.6) is 0 Å². The van der Waals surface area contributed by atoms with Gasteiger partial charge < -0.3 is 11.1 Å². The molecule has 0 aliphatic carbocycles.